The van der Waals surface area contributed by atoms with Gasteiger partial charge >= 0.3 is 0 Å². The predicted octanol–water partition coefficient (Wildman–Crippen LogP) is 2.08. The van der Waals surface area contributed by atoms with Crippen LogP contribution in [0.25, 0.3) is 10.9 Å². The molecule has 1 heterocycles. The third-order valence-corrected chi connectivity index (χ3v) is 2.07. The lowest BCUT2D eigenvalue weighted by Gasteiger charge is -1.92. The number of nitrogens with zero attached hydrogens (tertiary/aromatic N) is 1. The average molecular weight is 171 g/mol. The van der Waals surface area contributed by atoms with Crippen molar-refractivity contribution in [1.29, 1.82) is 5.26 Å². The number of aromatic nitrogens is 1. The van der Waals surface area contributed by atoms with E-state index in [9.17, 15) is 0 Å². The van der Waals surface area contributed by atoms with E-state index in [4.69, 9.17) is 5.26 Å². The van der Waals surface area contributed by atoms with Crippen LogP contribution in [0.3, 0.4) is 0 Å². The summed E-state index contributed by atoms with van der Waals surface area (Å²) in [5, 5.41) is 12.9. The van der Waals surface area contributed by atoms with Crippen molar-refractivity contribution in [2.45, 2.75) is 0 Å². The van der Waals surface area contributed by atoms with Crippen molar-refractivity contribution in [2.75, 3.05) is 12.4 Å². The van der Waals surface area contributed by atoms with E-state index in [1.54, 1.807) is 7.05 Å². The normalized spacial score (nSPS) is 9.85. The number of nitrogens with one attached hydrogen (secondary N) is 2. The number of hydrogen-bond donors (Lipinski definition) is 2. The van der Waals surface area contributed by atoms with E-state index in [0.29, 0.717) is 5.56 Å². The third-order valence-electron chi connectivity index (χ3n) is 2.07. The fraction of sp³-hybridized carbons (Fsp3) is 0.100. The topological polar surface area (TPSA) is 51.6 Å². The predicted molar refractivity (Wildman–Crippen MR) is 52.6 cm³/mol. The molecule has 0 fully saturated rings. The molecule has 2 N–H and O–H groups in total. The molecule has 0 aliphatic rings. The Morgan fingerprint density at radius 3 is 2.85 bits per heavy atom. The number of H-pyrrole nitrogens is 1. The van der Waals surface area contributed by atoms with Gasteiger partial charge in [0.25, 0.3) is 0 Å². The Balaban J connectivity index is 2.83. The highest BCUT2D eigenvalue weighted by Gasteiger charge is 2.07. The van der Waals surface area contributed by atoms with Gasteiger partial charge in [-0.05, 0) is 6.07 Å². The summed E-state index contributed by atoms with van der Waals surface area (Å²) >= 11 is 0. The van der Waals surface area contributed by atoms with E-state index in [2.05, 4.69) is 16.4 Å². The first-order chi connectivity index (χ1) is 6.36. The summed E-state index contributed by atoms with van der Waals surface area (Å²) in [5.74, 6) is 0.781. The van der Waals surface area contributed by atoms with Crippen LogP contribution in [0.1, 0.15) is 5.56 Å². The van der Waals surface area contributed by atoms with Crippen LogP contribution < -0.4 is 5.32 Å². The van der Waals surface area contributed by atoms with Crippen molar-refractivity contribution in [3.63, 3.8) is 0 Å². The van der Waals surface area contributed by atoms with Crippen LogP contribution in [0.2, 0.25) is 0 Å². The van der Waals surface area contributed by atoms with Gasteiger partial charge in [-0.3, -0.25) is 0 Å². The maximum atomic E-state index is 8.93. The Bertz CT molecular complexity index is 476. The molecule has 0 saturated carbocycles. The van der Waals surface area contributed by atoms with Gasteiger partial charge in [0.1, 0.15) is 17.5 Å². The van der Waals surface area contributed by atoms with Crippen LogP contribution in [-0.4, -0.2) is 12.0 Å². The van der Waals surface area contributed by atoms with Crippen molar-refractivity contribution in [3.05, 3.63) is 29.8 Å². The molecule has 0 aliphatic heterocycles. The molecular weight excluding hydrogens is 162 g/mol. The van der Waals surface area contributed by atoms with Gasteiger partial charge in [-0.2, -0.15) is 5.26 Å². The van der Waals surface area contributed by atoms with Gasteiger partial charge in [0.05, 0.1) is 0 Å². The standard InChI is InChI=1S/C10H9N3/c1-12-10-8(6-11)7-4-2-3-5-9(7)13-10/h2-5,12-13H,1H3. The summed E-state index contributed by atoms with van der Waals surface area (Å²) in [6.45, 7) is 0. The molecule has 0 amide bonds. The Morgan fingerprint density at radius 2 is 2.15 bits per heavy atom. The molecule has 0 radical (unpaired) electrons. The summed E-state index contributed by atoms with van der Waals surface area (Å²) < 4.78 is 0. The molecule has 0 spiro atoms. The van der Waals surface area contributed by atoms with Crippen LogP contribution in [-0.2, 0) is 0 Å². The van der Waals surface area contributed by atoms with E-state index in [0.717, 1.165) is 16.7 Å². The van der Waals surface area contributed by atoms with Crippen molar-refractivity contribution in [1.82, 2.24) is 4.98 Å². The first kappa shape index (κ1) is 7.69. The largest absolute Gasteiger partial charge is 0.374 e. The van der Waals surface area contributed by atoms with Crippen molar-refractivity contribution in [2.24, 2.45) is 0 Å². The van der Waals surface area contributed by atoms with Crippen molar-refractivity contribution in [3.8, 4) is 6.07 Å². The highest BCUT2D eigenvalue weighted by Crippen LogP contribution is 2.24. The molecule has 13 heavy (non-hydrogen) atoms. The molecule has 0 bridgehead atoms. The molecule has 3 nitrogen and oxygen atoms in total. The number of rotatable bonds is 1. The number of fused-ring (bicyclic) bond motifs is 1. The maximum absolute atomic E-state index is 8.93. The first-order valence-corrected chi connectivity index (χ1v) is 4.05. The lowest BCUT2D eigenvalue weighted by molar-refractivity contribution is 1.37. The molecule has 0 saturated heterocycles. The Hall–Kier alpha value is -1.95. The van der Waals surface area contributed by atoms with Gasteiger partial charge in [-0.1, -0.05) is 18.2 Å². The Labute approximate surface area is 76.0 Å². The van der Waals surface area contributed by atoms with Crippen molar-refractivity contribution < 1.29 is 0 Å². The van der Waals surface area contributed by atoms with Gasteiger partial charge in [0.2, 0.25) is 0 Å². The first-order valence-electron chi connectivity index (χ1n) is 4.05. The van der Waals surface area contributed by atoms with Crippen LogP contribution >= 0.6 is 0 Å². The Morgan fingerprint density at radius 1 is 1.38 bits per heavy atom. The highest BCUT2D eigenvalue weighted by molar-refractivity contribution is 5.91. The second kappa shape index (κ2) is 2.83. The van der Waals surface area contributed by atoms with Crippen LogP contribution in [0.5, 0.6) is 0 Å². The zero-order valence-corrected chi connectivity index (χ0v) is 7.26. The van der Waals surface area contributed by atoms with Crippen LogP contribution in [0, 0.1) is 11.3 Å². The lowest BCUT2D eigenvalue weighted by Crippen LogP contribution is -1.89. The quantitative estimate of drug-likeness (QED) is 0.690. The minimum absolute atomic E-state index is 0.679. The van der Waals surface area contributed by atoms with E-state index in [-0.39, 0.29) is 0 Å². The molecule has 2 aromatic rings. The molecule has 1 aromatic heterocycles. The van der Waals surface area contributed by atoms with E-state index < -0.39 is 0 Å². The summed E-state index contributed by atoms with van der Waals surface area (Å²) in [4.78, 5) is 3.13. The second-order valence-electron chi connectivity index (χ2n) is 2.78. The molecule has 0 atom stereocenters. The smallest absolute Gasteiger partial charge is 0.122 e. The fourth-order valence-electron chi connectivity index (χ4n) is 1.45. The maximum Gasteiger partial charge on any atom is 0.122 e. The number of nitriles is 1. The second-order valence-corrected chi connectivity index (χ2v) is 2.78. The summed E-state index contributed by atoms with van der Waals surface area (Å²) in [6, 6.07) is 9.94. The minimum atomic E-state index is 0.679. The molecule has 3 heteroatoms. The SMILES string of the molecule is CNc1[nH]c2ccccc2c1C#N. The Kier molecular flexibility index (Phi) is 1.67. The van der Waals surface area contributed by atoms with Gasteiger partial charge in [0, 0.05) is 18.0 Å². The summed E-state index contributed by atoms with van der Waals surface area (Å²) in [7, 11) is 1.80. The monoisotopic (exact) mass is 171 g/mol. The summed E-state index contributed by atoms with van der Waals surface area (Å²) in [6.07, 6.45) is 0. The zero-order chi connectivity index (χ0) is 9.26. The van der Waals surface area contributed by atoms with Gasteiger partial charge in [0.15, 0.2) is 0 Å². The third kappa shape index (κ3) is 1.04. The minimum Gasteiger partial charge on any atom is -0.374 e. The van der Waals surface area contributed by atoms with Gasteiger partial charge < -0.3 is 10.3 Å². The molecule has 0 unspecified atom stereocenters. The van der Waals surface area contributed by atoms with E-state index >= 15 is 0 Å². The van der Waals surface area contributed by atoms with Crippen molar-refractivity contribution >= 4 is 16.7 Å². The molecular formula is C10H9N3. The molecule has 2 rings (SSSR count). The average Bonchev–Trinajstić information content (AvgIpc) is 2.55. The number of para-hydroxylation sites is 1. The summed E-state index contributed by atoms with van der Waals surface area (Å²) in [5.41, 5.74) is 1.67. The van der Waals surface area contributed by atoms with E-state index in [1.165, 1.54) is 0 Å². The zero-order valence-electron chi connectivity index (χ0n) is 7.26. The van der Waals surface area contributed by atoms with Crippen LogP contribution in [0.4, 0.5) is 5.82 Å². The van der Waals surface area contributed by atoms with Crippen LogP contribution in [0.15, 0.2) is 24.3 Å². The molecule has 1 aromatic carbocycles. The lowest BCUT2D eigenvalue weighted by atomic mass is 10.2. The number of hydrogen-bond acceptors (Lipinski definition) is 2. The molecule has 64 valence electrons. The highest BCUT2D eigenvalue weighted by atomic mass is 15.0. The molecule has 0 aliphatic carbocycles. The number of aromatic amines is 1. The van der Waals surface area contributed by atoms with Gasteiger partial charge in [-0.15, -0.1) is 0 Å². The van der Waals surface area contributed by atoms with E-state index in [1.807, 2.05) is 24.3 Å². The number of anilines is 1. The van der Waals surface area contributed by atoms with Gasteiger partial charge in [-0.25, -0.2) is 0 Å². The number of benzene rings is 1. The fourth-order valence-corrected chi connectivity index (χ4v) is 1.45.